The Bertz CT molecular complexity index is 803. The minimum atomic E-state index is -0.227. The van der Waals surface area contributed by atoms with Crippen LogP contribution in [0, 0.1) is 0 Å². The molecule has 0 radical (unpaired) electrons. The van der Waals surface area contributed by atoms with Gasteiger partial charge in [-0.05, 0) is 48.6 Å². The molecule has 26 heavy (non-hydrogen) atoms. The summed E-state index contributed by atoms with van der Waals surface area (Å²) in [6.07, 6.45) is 0. The van der Waals surface area contributed by atoms with E-state index in [1.165, 1.54) is 0 Å². The second kappa shape index (κ2) is 8.29. The van der Waals surface area contributed by atoms with Crippen LogP contribution in [0.1, 0.15) is 20.7 Å². The third kappa shape index (κ3) is 4.39. The Hall–Kier alpha value is -2.44. The van der Waals surface area contributed by atoms with Gasteiger partial charge in [0.2, 0.25) is 0 Å². The average molecular weight is 388 g/mol. The predicted octanol–water partition coefficient (Wildman–Crippen LogP) is 2.81. The van der Waals surface area contributed by atoms with Crippen molar-refractivity contribution < 1.29 is 9.59 Å². The SMILES string of the molecule is O=C(NC(=S)N1CCN(C(=O)c2ccc(Cl)cc2)CC1)c1ccccc1. The lowest BCUT2D eigenvalue weighted by Crippen LogP contribution is -2.53. The van der Waals surface area contributed by atoms with Crippen LogP contribution in [-0.2, 0) is 0 Å². The molecule has 0 spiro atoms. The molecule has 3 rings (SSSR count). The van der Waals surface area contributed by atoms with E-state index in [-0.39, 0.29) is 11.8 Å². The highest BCUT2D eigenvalue weighted by Gasteiger charge is 2.24. The maximum absolute atomic E-state index is 12.5. The van der Waals surface area contributed by atoms with E-state index in [2.05, 4.69) is 5.32 Å². The van der Waals surface area contributed by atoms with Gasteiger partial charge in [-0.3, -0.25) is 14.9 Å². The van der Waals surface area contributed by atoms with Gasteiger partial charge in [0.1, 0.15) is 0 Å². The van der Waals surface area contributed by atoms with Crippen molar-refractivity contribution in [2.24, 2.45) is 0 Å². The van der Waals surface area contributed by atoms with Gasteiger partial charge in [-0.25, -0.2) is 0 Å². The van der Waals surface area contributed by atoms with E-state index in [1.54, 1.807) is 53.4 Å². The summed E-state index contributed by atoms with van der Waals surface area (Å²) in [5, 5.41) is 3.74. The monoisotopic (exact) mass is 387 g/mol. The molecule has 7 heteroatoms. The Labute approximate surface area is 162 Å². The number of nitrogens with zero attached hydrogens (tertiary/aromatic N) is 2. The second-order valence-electron chi connectivity index (χ2n) is 5.91. The van der Waals surface area contributed by atoms with Crippen LogP contribution >= 0.6 is 23.8 Å². The van der Waals surface area contributed by atoms with Gasteiger partial charge in [-0.1, -0.05) is 29.8 Å². The number of piperazine rings is 1. The van der Waals surface area contributed by atoms with Crippen LogP contribution in [0.25, 0.3) is 0 Å². The first kappa shape index (κ1) is 18.4. The van der Waals surface area contributed by atoms with Crippen molar-refractivity contribution >= 4 is 40.7 Å². The summed E-state index contributed by atoms with van der Waals surface area (Å²) < 4.78 is 0. The number of rotatable bonds is 2. The van der Waals surface area contributed by atoms with Crippen molar-refractivity contribution in [3.63, 3.8) is 0 Å². The van der Waals surface area contributed by atoms with Gasteiger partial charge in [0.15, 0.2) is 5.11 Å². The molecule has 0 aliphatic carbocycles. The van der Waals surface area contributed by atoms with Crippen LogP contribution in [0.4, 0.5) is 0 Å². The van der Waals surface area contributed by atoms with Crippen LogP contribution in [0.5, 0.6) is 0 Å². The zero-order chi connectivity index (χ0) is 18.5. The number of carbonyl (C=O) groups excluding carboxylic acids is 2. The minimum Gasteiger partial charge on any atom is -0.345 e. The molecule has 0 saturated carbocycles. The molecule has 0 atom stereocenters. The largest absolute Gasteiger partial charge is 0.345 e. The molecular formula is C19H18ClN3O2S. The van der Waals surface area contributed by atoms with Crippen molar-refractivity contribution in [2.45, 2.75) is 0 Å². The van der Waals surface area contributed by atoms with Crippen LogP contribution in [-0.4, -0.2) is 52.9 Å². The van der Waals surface area contributed by atoms with Crippen LogP contribution in [0.2, 0.25) is 5.02 Å². The van der Waals surface area contributed by atoms with Crippen molar-refractivity contribution in [2.75, 3.05) is 26.2 Å². The molecule has 0 bridgehead atoms. The summed E-state index contributed by atoms with van der Waals surface area (Å²) in [6, 6.07) is 15.8. The normalized spacial score (nSPS) is 14.0. The highest BCUT2D eigenvalue weighted by Crippen LogP contribution is 2.13. The maximum atomic E-state index is 12.5. The molecule has 1 fully saturated rings. The molecular weight excluding hydrogens is 370 g/mol. The molecule has 2 aromatic carbocycles. The van der Waals surface area contributed by atoms with Crippen molar-refractivity contribution in [1.82, 2.24) is 15.1 Å². The van der Waals surface area contributed by atoms with E-state index in [9.17, 15) is 9.59 Å². The lowest BCUT2D eigenvalue weighted by molar-refractivity contribution is 0.0689. The Balaban J connectivity index is 1.53. The van der Waals surface area contributed by atoms with Gasteiger partial charge < -0.3 is 9.80 Å². The average Bonchev–Trinajstić information content (AvgIpc) is 2.69. The number of nitrogens with one attached hydrogen (secondary N) is 1. The quantitative estimate of drug-likeness (QED) is 0.805. The fourth-order valence-corrected chi connectivity index (χ4v) is 3.13. The Kier molecular flexibility index (Phi) is 5.85. The fourth-order valence-electron chi connectivity index (χ4n) is 2.73. The van der Waals surface area contributed by atoms with Crippen LogP contribution in [0.3, 0.4) is 0 Å². The summed E-state index contributed by atoms with van der Waals surface area (Å²) in [6.45, 7) is 2.24. The van der Waals surface area contributed by atoms with Gasteiger partial charge in [0, 0.05) is 42.3 Å². The molecule has 1 heterocycles. The minimum absolute atomic E-state index is 0.0273. The van der Waals surface area contributed by atoms with Gasteiger partial charge in [-0.15, -0.1) is 0 Å². The molecule has 1 saturated heterocycles. The maximum Gasteiger partial charge on any atom is 0.257 e. The molecule has 0 aromatic heterocycles. The van der Waals surface area contributed by atoms with E-state index < -0.39 is 0 Å². The zero-order valence-electron chi connectivity index (χ0n) is 14.0. The summed E-state index contributed by atoms with van der Waals surface area (Å²) in [5.74, 6) is -0.254. The van der Waals surface area contributed by atoms with Crippen LogP contribution < -0.4 is 5.32 Å². The fraction of sp³-hybridized carbons (Fsp3) is 0.211. The number of halogens is 1. The number of hydrogen-bond acceptors (Lipinski definition) is 3. The molecule has 2 aromatic rings. The van der Waals surface area contributed by atoms with E-state index in [0.717, 1.165) is 0 Å². The summed E-state index contributed by atoms with van der Waals surface area (Å²) in [7, 11) is 0. The number of amides is 2. The number of carbonyl (C=O) groups is 2. The number of benzene rings is 2. The first-order valence-electron chi connectivity index (χ1n) is 8.25. The standard InChI is InChI=1S/C19H18ClN3O2S/c20-16-8-6-15(7-9-16)18(25)22-10-12-23(13-11-22)19(26)21-17(24)14-4-2-1-3-5-14/h1-9H,10-13H2,(H,21,24,26). The molecule has 1 aliphatic rings. The molecule has 134 valence electrons. The van der Waals surface area contributed by atoms with E-state index >= 15 is 0 Å². The van der Waals surface area contributed by atoms with E-state index in [1.807, 2.05) is 11.0 Å². The molecule has 2 amide bonds. The second-order valence-corrected chi connectivity index (χ2v) is 6.73. The molecule has 0 unspecified atom stereocenters. The molecule has 1 aliphatic heterocycles. The Morgan fingerprint density at radius 2 is 1.42 bits per heavy atom. The van der Waals surface area contributed by atoms with Gasteiger partial charge in [-0.2, -0.15) is 0 Å². The lowest BCUT2D eigenvalue weighted by atomic mass is 10.2. The third-order valence-corrected chi connectivity index (χ3v) is 4.81. The first-order valence-corrected chi connectivity index (χ1v) is 9.03. The Morgan fingerprint density at radius 1 is 0.846 bits per heavy atom. The summed E-state index contributed by atoms with van der Waals surface area (Å²) >= 11 is 11.2. The molecule has 1 N–H and O–H groups in total. The smallest absolute Gasteiger partial charge is 0.257 e. The summed E-state index contributed by atoms with van der Waals surface area (Å²) in [5.41, 5.74) is 1.18. The lowest BCUT2D eigenvalue weighted by Gasteiger charge is -2.36. The predicted molar refractivity (Wildman–Crippen MR) is 105 cm³/mol. The highest BCUT2D eigenvalue weighted by atomic mass is 35.5. The third-order valence-electron chi connectivity index (χ3n) is 4.20. The first-order chi connectivity index (χ1) is 12.5. The zero-order valence-corrected chi connectivity index (χ0v) is 15.6. The number of thiocarbonyl (C=S) groups is 1. The van der Waals surface area contributed by atoms with Gasteiger partial charge in [0.05, 0.1) is 0 Å². The van der Waals surface area contributed by atoms with Crippen LogP contribution in [0.15, 0.2) is 54.6 Å². The summed E-state index contributed by atoms with van der Waals surface area (Å²) in [4.78, 5) is 28.4. The van der Waals surface area contributed by atoms with Crippen molar-refractivity contribution in [1.29, 1.82) is 0 Å². The molecule has 5 nitrogen and oxygen atoms in total. The topological polar surface area (TPSA) is 52.7 Å². The Morgan fingerprint density at radius 3 is 2.04 bits per heavy atom. The van der Waals surface area contributed by atoms with Crippen molar-refractivity contribution in [3.05, 3.63) is 70.7 Å². The number of hydrogen-bond donors (Lipinski definition) is 1. The van der Waals surface area contributed by atoms with Gasteiger partial charge in [0.25, 0.3) is 11.8 Å². The highest BCUT2D eigenvalue weighted by molar-refractivity contribution is 7.80. The van der Waals surface area contributed by atoms with Crippen molar-refractivity contribution in [3.8, 4) is 0 Å². The van der Waals surface area contributed by atoms with E-state index in [0.29, 0.717) is 47.4 Å². The van der Waals surface area contributed by atoms with E-state index in [4.69, 9.17) is 23.8 Å². The van der Waals surface area contributed by atoms with Gasteiger partial charge >= 0.3 is 0 Å².